The highest BCUT2D eigenvalue weighted by atomic mass is 31.1. The summed E-state index contributed by atoms with van der Waals surface area (Å²) in [4.78, 5) is 0. The van der Waals surface area contributed by atoms with Crippen molar-refractivity contribution < 1.29 is 4.74 Å². The van der Waals surface area contributed by atoms with Crippen molar-refractivity contribution >= 4 is 18.5 Å². The largest absolute Gasteiger partial charge is 0.380 e. The molecule has 2 aromatic rings. The molecule has 0 saturated carbocycles. The van der Waals surface area contributed by atoms with Crippen LogP contribution in [0.3, 0.4) is 0 Å². The number of ether oxygens (including phenoxy) is 1. The molecule has 0 N–H and O–H groups in total. The topological polar surface area (TPSA) is 9.23 Å². The molecule has 0 heterocycles. The molecule has 0 aromatic heterocycles. The van der Waals surface area contributed by atoms with Gasteiger partial charge in [-0.15, -0.1) is 0 Å². The van der Waals surface area contributed by atoms with Gasteiger partial charge in [-0.25, -0.2) is 0 Å². The maximum absolute atomic E-state index is 5.38. The van der Waals surface area contributed by atoms with Gasteiger partial charge in [0.2, 0.25) is 0 Å². The molecule has 2 aromatic carbocycles. The molecule has 0 atom stereocenters. The van der Waals surface area contributed by atoms with Crippen LogP contribution in [-0.2, 0) is 4.74 Å². The first kappa shape index (κ1) is 14.3. The Morgan fingerprint density at radius 2 is 1.48 bits per heavy atom. The summed E-state index contributed by atoms with van der Waals surface area (Å²) in [5, 5.41) is 4.33. The Balaban J connectivity index is 2.08. The molecule has 0 fully saturated rings. The average molecular weight is 294 g/mol. The van der Waals surface area contributed by atoms with Crippen molar-refractivity contribution in [2.75, 3.05) is 13.7 Å². The zero-order chi connectivity index (χ0) is 14.5. The summed E-state index contributed by atoms with van der Waals surface area (Å²) in [5.74, 6) is 0. The number of hydrogen-bond acceptors (Lipinski definition) is 1. The molecule has 1 aliphatic carbocycles. The molecule has 0 spiro atoms. The van der Waals surface area contributed by atoms with E-state index >= 15 is 0 Å². The standard InChI is InChI=1S/C19H19OP/c1-20-15-16-9-8-14-19(16)21(17-10-4-2-5-11-17)18-12-6-3-7-13-18/h2-13H,14-15H2,1H3. The van der Waals surface area contributed by atoms with Crippen molar-refractivity contribution in [1.82, 2.24) is 0 Å². The van der Waals surface area contributed by atoms with E-state index in [0.717, 1.165) is 6.42 Å². The van der Waals surface area contributed by atoms with E-state index < -0.39 is 7.92 Å². The lowest BCUT2D eigenvalue weighted by Gasteiger charge is -2.22. The minimum Gasteiger partial charge on any atom is -0.380 e. The Hall–Kier alpha value is -1.69. The predicted molar refractivity (Wildman–Crippen MR) is 91.7 cm³/mol. The van der Waals surface area contributed by atoms with Crippen LogP contribution in [0.15, 0.2) is 83.7 Å². The van der Waals surface area contributed by atoms with Gasteiger partial charge in [0, 0.05) is 7.11 Å². The summed E-state index contributed by atoms with van der Waals surface area (Å²) < 4.78 is 5.38. The Morgan fingerprint density at radius 1 is 0.905 bits per heavy atom. The van der Waals surface area contributed by atoms with Gasteiger partial charge < -0.3 is 4.74 Å². The van der Waals surface area contributed by atoms with Crippen molar-refractivity contribution in [2.45, 2.75) is 6.42 Å². The Kier molecular flexibility index (Phi) is 4.65. The van der Waals surface area contributed by atoms with Crippen molar-refractivity contribution in [3.63, 3.8) is 0 Å². The van der Waals surface area contributed by atoms with Gasteiger partial charge in [0.1, 0.15) is 0 Å². The SMILES string of the molecule is COCC1=C(P(c2ccccc2)c2ccccc2)CC=C1. The molecule has 3 rings (SSSR count). The normalized spacial score (nSPS) is 14.2. The Bertz CT molecular complexity index is 604. The minimum absolute atomic E-state index is 0.466. The van der Waals surface area contributed by atoms with E-state index in [4.69, 9.17) is 4.74 Å². The first-order chi connectivity index (χ1) is 10.4. The van der Waals surface area contributed by atoms with Crippen LogP contribution in [0.5, 0.6) is 0 Å². The third-order valence-electron chi connectivity index (χ3n) is 3.60. The average Bonchev–Trinajstić information content (AvgIpc) is 2.98. The van der Waals surface area contributed by atoms with Crippen LogP contribution in [0.25, 0.3) is 0 Å². The molecule has 21 heavy (non-hydrogen) atoms. The summed E-state index contributed by atoms with van der Waals surface area (Å²) in [6.45, 7) is 0.699. The monoisotopic (exact) mass is 294 g/mol. The van der Waals surface area contributed by atoms with Gasteiger partial charge in [0.25, 0.3) is 0 Å². The van der Waals surface area contributed by atoms with E-state index in [9.17, 15) is 0 Å². The summed E-state index contributed by atoms with van der Waals surface area (Å²) in [6, 6.07) is 21.7. The van der Waals surface area contributed by atoms with Crippen LogP contribution in [0.1, 0.15) is 6.42 Å². The molecule has 0 radical (unpaired) electrons. The quantitative estimate of drug-likeness (QED) is 0.758. The summed E-state index contributed by atoms with van der Waals surface area (Å²) in [5.41, 5.74) is 1.34. The first-order valence-corrected chi connectivity index (χ1v) is 8.52. The molecular formula is C19H19OP. The third kappa shape index (κ3) is 3.15. The fraction of sp³-hybridized carbons (Fsp3) is 0.158. The molecule has 0 amide bonds. The zero-order valence-corrected chi connectivity index (χ0v) is 13.1. The smallest absolute Gasteiger partial charge is 0.0716 e. The molecule has 2 heteroatoms. The van der Waals surface area contributed by atoms with Crippen LogP contribution in [-0.4, -0.2) is 13.7 Å². The van der Waals surface area contributed by atoms with Crippen LogP contribution in [0.2, 0.25) is 0 Å². The molecule has 1 nitrogen and oxygen atoms in total. The molecular weight excluding hydrogens is 275 g/mol. The predicted octanol–water partition coefficient (Wildman–Crippen LogP) is 3.98. The van der Waals surface area contributed by atoms with Crippen molar-refractivity contribution in [3.8, 4) is 0 Å². The number of rotatable bonds is 5. The van der Waals surface area contributed by atoms with Crippen LogP contribution in [0, 0.1) is 0 Å². The van der Waals surface area contributed by atoms with Crippen molar-refractivity contribution in [3.05, 3.63) is 83.7 Å². The number of hydrogen-bond donors (Lipinski definition) is 0. The van der Waals surface area contributed by atoms with Crippen LogP contribution in [0.4, 0.5) is 0 Å². The lowest BCUT2D eigenvalue weighted by atomic mass is 10.3. The Morgan fingerprint density at radius 3 is 2.00 bits per heavy atom. The lowest BCUT2D eigenvalue weighted by Crippen LogP contribution is -2.13. The first-order valence-electron chi connectivity index (χ1n) is 7.18. The van der Waals surface area contributed by atoms with Crippen molar-refractivity contribution in [2.24, 2.45) is 0 Å². The van der Waals surface area contributed by atoms with Gasteiger partial charge in [-0.05, 0) is 35.8 Å². The van der Waals surface area contributed by atoms with Gasteiger partial charge >= 0.3 is 0 Å². The van der Waals surface area contributed by atoms with Gasteiger partial charge in [0.05, 0.1) is 6.61 Å². The van der Waals surface area contributed by atoms with E-state index in [2.05, 4.69) is 72.8 Å². The second-order valence-electron chi connectivity index (χ2n) is 5.02. The summed E-state index contributed by atoms with van der Waals surface area (Å²) in [6.07, 6.45) is 5.51. The highest BCUT2D eigenvalue weighted by Crippen LogP contribution is 2.48. The number of allylic oxidation sites excluding steroid dienone is 2. The highest BCUT2D eigenvalue weighted by Gasteiger charge is 2.22. The van der Waals surface area contributed by atoms with E-state index in [0.29, 0.717) is 6.61 Å². The van der Waals surface area contributed by atoms with Gasteiger partial charge in [-0.2, -0.15) is 0 Å². The molecule has 106 valence electrons. The van der Waals surface area contributed by atoms with E-state index in [1.165, 1.54) is 21.5 Å². The van der Waals surface area contributed by atoms with Gasteiger partial charge in [-0.1, -0.05) is 72.8 Å². The molecule has 1 aliphatic rings. The van der Waals surface area contributed by atoms with E-state index in [-0.39, 0.29) is 0 Å². The second kappa shape index (κ2) is 6.85. The Labute approximate surface area is 127 Å². The maximum Gasteiger partial charge on any atom is 0.0716 e. The molecule has 0 saturated heterocycles. The molecule has 0 aliphatic heterocycles. The number of benzene rings is 2. The van der Waals surface area contributed by atoms with Gasteiger partial charge in [-0.3, -0.25) is 0 Å². The van der Waals surface area contributed by atoms with E-state index in [1.807, 2.05) is 0 Å². The fourth-order valence-corrected chi connectivity index (χ4v) is 5.25. The summed E-state index contributed by atoms with van der Waals surface area (Å²) >= 11 is 0. The second-order valence-corrected chi connectivity index (χ2v) is 7.26. The number of methoxy groups -OCH3 is 1. The molecule has 0 unspecified atom stereocenters. The minimum atomic E-state index is -0.466. The summed E-state index contributed by atoms with van der Waals surface area (Å²) in [7, 11) is 1.30. The molecule has 0 bridgehead atoms. The van der Waals surface area contributed by atoms with Crippen LogP contribution < -0.4 is 10.6 Å². The third-order valence-corrected chi connectivity index (χ3v) is 6.24. The lowest BCUT2D eigenvalue weighted by molar-refractivity contribution is 0.228. The zero-order valence-electron chi connectivity index (χ0n) is 12.2. The highest BCUT2D eigenvalue weighted by molar-refractivity contribution is 7.76. The fourth-order valence-electron chi connectivity index (χ4n) is 2.68. The van der Waals surface area contributed by atoms with E-state index in [1.54, 1.807) is 7.11 Å². The maximum atomic E-state index is 5.38. The van der Waals surface area contributed by atoms with Gasteiger partial charge in [0.15, 0.2) is 0 Å². The van der Waals surface area contributed by atoms with Crippen LogP contribution >= 0.6 is 7.92 Å². The van der Waals surface area contributed by atoms with Crippen molar-refractivity contribution in [1.29, 1.82) is 0 Å².